The monoisotopic (exact) mass is 246 g/mol. The number of nitrogens with zero attached hydrogens (tertiary/aromatic N) is 1. The lowest BCUT2D eigenvalue weighted by atomic mass is 10.0. The van der Waals surface area contributed by atoms with Crippen LogP contribution in [-0.2, 0) is 11.2 Å². The largest absolute Gasteiger partial charge is 0.508 e. The van der Waals surface area contributed by atoms with Gasteiger partial charge in [-0.3, -0.25) is 4.79 Å². The normalized spacial score (nSPS) is 16.6. The fourth-order valence-corrected chi connectivity index (χ4v) is 2.05. The molecule has 1 aromatic carbocycles. The fraction of sp³-hybridized carbons (Fsp3) is 0.357. The Morgan fingerprint density at radius 3 is 2.67 bits per heavy atom. The van der Waals surface area contributed by atoms with E-state index in [1.54, 1.807) is 29.2 Å². The third-order valence-corrected chi connectivity index (χ3v) is 3.08. The Hall–Kier alpha value is -1.81. The van der Waals surface area contributed by atoms with Crippen LogP contribution in [-0.4, -0.2) is 35.0 Å². The van der Waals surface area contributed by atoms with Crippen molar-refractivity contribution in [1.82, 2.24) is 4.90 Å². The second kappa shape index (κ2) is 5.69. The molecule has 3 N–H and O–H groups in total. The Bertz CT molecular complexity index is 440. The molecule has 1 aliphatic rings. The van der Waals surface area contributed by atoms with E-state index in [1.165, 1.54) is 0 Å². The van der Waals surface area contributed by atoms with E-state index in [9.17, 15) is 9.90 Å². The summed E-state index contributed by atoms with van der Waals surface area (Å²) in [6, 6.07) is 6.28. The van der Waals surface area contributed by atoms with Crippen molar-refractivity contribution in [3.63, 3.8) is 0 Å². The molecule has 0 saturated carbocycles. The topological polar surface area (TPSA) is 66.6 Å². The van der Waals surface area contributed by atoms with Crippen molar-refractivity contribution < 1.29 is 9.90 Å². The minimum atomic E-state index is -0.513. The van der Waals surface area contributed by atoms with Crippen LogP contribution >= 0.6 is 0 Å². The van der Waals surface area contributed by atoms with Gasteiger partial charge in [-0.25, -0.2) is 0 Å². The van der Waals surface area contributed by atoms with Gasteiger partial charge in [0.1, 0.15) is 5.75 Å². The third kappa shape index (κ3) is 3.11. The highest BCUT2D eigenvalue weighted by Crippen LogP contribution is 2.12. The van der Waals surface area contributed by atoms with E-state index in [-0.39, 0.29) is 11.7 Å². The molecular weight excluding hydrogens is 228 g/mol. The molecule has 1 atom stereocenters. The van der Waals surface area contributed by atoms with E-state index in [2.05, 4.69) is 6.08 Å². The van der Waals surface area contributed by atoms with Gasteiger partial charge in [-0.15, -0.1) is 0 Å². The maximum atomic E-state index is 12.1. The van der Waals surface area contributed by atoms with Crippen LogP contribution in [0.5, 0.6) is 5.75 Å². The van der Waals surface area contributed by atoms with Crippen LogP contribution in [0.4, 0.5) is 0 Å². The zero-order chi connectivity index (χ0) is 13.0. The Kier molecular flexibility index (Phi) is 3.99. The molecule has 1 heterocycles. The van der Waals surface area contributed by atoms with Gasteiger partial charge in [0.05, 0.1) is 6.04 Å². The molecule has 4 nitrogen and oxygen atoms in total. The van der Waals surface area contributed by atoms with Gasteiger partial charge in [0, 0.05) is 13.1 Å². The van der Waals surface area contributed by atoms with E-state index in [0.29, 0.717) is 13.0 Å². The van der Waals surface area contributed by atoms with E-state index in [4.69, 9.17) is 5.73 Å². The fourth-order valence-electron chi connectivity index (χ4n) is 2.05. The summed E-state index contributed by atoms with van der Waals surface area (Å²) >= 11 is 0. The molecule has 1 aromatic rings. The molecule has 0 saturated heterocycles. The third-order valence-electron chi connectivity index (χ3n) is 3.08. The number of phenols is 1. The van der Waals surface area contributed by atoms with E-state index < -0.39 is 6.04 Å². The summed E-state index contributed by atoms with van der Waals surface area (Å²) in [5, 5.41) is 9.19. The summed E-state index contributed by atoms with van der Waals surface area (Å²) in [6.07, 6.45) is 5.47. The lowest BCUT2D eigenvalue weighted by Gasteiger charge is -2.26. The standard InChI is InChI=1S/C14H18N2O2/c15-13(10-11-4-6-12(17)7-5-11)14(18)16-8-2-1-3-9-16/h1-2,4-7,13,17H,3,8-10,15H2/t13-/m1/s1. The Morgan fingerprint density at radius 2 is 2.06 bits per heavy atom. The number of aromatic hydroxyl groups is 1. The minimum Gasteiger partial charge on any atom is -0.508 e. The summed E-state index contributed by atoms with van der Waals surface area (Å²) < 4.78 is 0. The molecule has 0 aromatic heterocycles. The van der Waals surface area contributed by atoms with Crippen LogP contribution in [0.25, 0.3) is 0 Å². The summed E-state index contributed by atoms with van der Waals surface area (Å²) in [6.45, 7) is 1.40. The first-order valence-electron chi connectivity index (χ1n) is 6.14. The highest BCUT2D eigenvalue weighted by molar-refractivity contribution is 5.82. The summed E-state index contributed by atoms with van der Waals surface area (Å²) in [5.74, 6) is 0.215. The van der Waals surface area contributed by atoms with Crippen molar-refractivity contribution in [3.8, 4) is 5.75 Å². The van der Waals surface area contributed by atoms with Gasteiger partial charge < -0.3 is 15.7 Å². The first-order valence-corrected chi connectivity index (χ1v) is 6.14. The summed E-state index contributed by atoms with van der Waals surface area (Å²) in [4.78, 5) is 13.9. The predicted octanol–water partition coefficient (Wildman–Crippen LogP) is 1.05. The molecule has 1 aliphatic heterocycles. The Balaban J connectivity index is 1.94. The zero-order valence-electron chi connectivity index (χ0n) is 10.2. The van der Waals surface area contributed by atoms with Crippen LogP contribution < -0.4 is 5.73 Å². The van der Waals surface area contributed by atoms with Crippen LogP contribution in [0.3, 0.4) is 0 Å². The lowest BCUT2D eigenvalue weighted by molar-refractivity contribution is -0.132. The molecule has 0 unspecified atom stereocenters. The maximum Gasteiger partial charge on any atom is 0.240 e. The molecule has 96 valence electrons. The number of hydrogen-bond donors (Lipinski definition) is 2. The highest BCUT2D eigenvalue weighted by atomic mass is 16.3. The quantitative estimate of drug-likeness (QED) is 0.783. The average Bonchev–Trinajstić information content (AvgIpc) is 2.41. The van der Waals surface area contributed by atoms with Crippen LogP contribution in [0.15, 0.2) is 36.4 Å². The first kappa shape index (κ1) is 12.6. The molecule has 2 rings (SSSR count). The van der Waals surface area contributed by atoms with Crippen molar-refractivity contribution in [2.24, 2.45) is 5.73 Å². The number of carbonyl (C=O) groups excluding carboxylic acids is 1. The molecule has 0 fully saturated rings. The summed E-state index contributed by atoms with van der Waals surface area (Å²) in [5.41, 5.74) is 6.90. The van der Waals surface area contributed by atoms with Gasteiger partial charge in [0.25, 0.3) is 0 Å². The van der Waals surface area contributed by atoms with Gasteiger partial charge in [-0.2, -0.15) is 0 Å². The van der Waals surface area contributed by atoms with Gasteiger partial charge in [-0.1, -0.05) is 24.3 Å². The van der Waals surface area contributed by atoms with Crippen molar-refractivity contribution in [2.45, 2.75) is 18.9 Å². The molecule has 0 radical (unpaired) electrons. The van der Waals surface area contributed by atoms with Crippen LogP contribution in [0.1, 0.15) is 12.0 Å². The zero-order valence-corrected chi connectivity index (χ0v) is 10.2. The van der Waals surface area contributed by atoms with Gasteiger partial charge in [0.2, 0.25) is 5.91 Å². The molecule has 4 heteroatoms. The molecular formula is C14H18N2O2. The van der Waals surface area contributed by atoms with E-state index >= 15 is 0 Å². The molecule has 0 aliphatic carbocycles. The molecule has 18 heavy (non-hydrogen) atoms. The van der Waals surface area contributed by atoms with Crippen molar-refractivity contribution in [1.29, 1.82) is 0 Å². The molecule has 1 amide bonds. The number of carbonyl (C=O) groups is 1. The van der Waals surface area contributed by atoms with Gasteiger partial charge in [0.15, 0.2) is 0 Å². The number of nitrogens with two attached hydrogens (primary N) is 1. The van der Waals surface area contributed by atoms with Crippen molar-refractivity contribution >= 4 is 5.91 Å². The van der Waals surface area contributed by atoms with Crippen LogP contribution in [0.2, 0.25) is 0 Å². The van der Waals surface area contributed by atoms with Gasteiger partial charge in [-0.05, 0) is 30.5 Å². The van der Waals surface area contributed by atoms with E-state index in [1.807, 2.05) is 6.08 Å². The number of amides is 1. The maximum absolute atomic E-state index is 12.1. The van der Waals surface area contributed by atoms with E-state index in [0.717, 1.165) is 18.5 Å². The number of rotatable bonds is 3. The number of hydrogen-bond acceptors (Lipinski definition) is 3. The second-order valence-corrected chi connectivity index (χ2v) is 4.52. The predicted molar refractivity (Wildman–Crippen MR) is 70.1 cm³/mol. The van der Waals surface area contributed by atoms with Crippen molar-refractivity contribution in [3.05, 3.63) is 42.0 Å². The highest BCUT2D eigenvalue weighted by Gasteiger charge is 2.21. The Morgan fingerprint density at radius 1 is 1.33 bits per heavy atom. The van der Waals surface area contributed by atoms with Crippen molar-refractivity contribution in [2.75, 3.05) is 13.1 Å². The first-order chi connectivity index (χ1) is 8.66. The minimum absolute atomic E-state index is 0.00701. The SMILES string of the molecule is N[C@H](Cc1ccc(O)cc1)C(=O)N1CC=CCC1. The molecule has 0 spiro atoms. The summed E-state index contributed by atoms with van der Waals surface area (Å²) in [7, 11) is 0. The van der Waals surface area contributed by atoms with Gasteiger partial charge >= 0.3 is 0 Å². The average molecular weight is 246 g/mol. The number of benzene rings is 1. The second-order valence-electron chi connectivity index (χ2n) is 4.52. The number of phenolic OH excluding ortho intramolecular Hbond substituents is 1. The smallest absolute Gasteiger partial charge is 0.240 e. The van der Waals surface area contributed by atoms with Crippen LogP contribution in [0, 0.1) is 0 Å². The molecule has 0 bridgehead atoms. The lowest BCUT2D eigenvalue weighted by Crippen LogP contribution is -2.46. The Labute approximate surface area is 107 Å².